The number of hydrogen-bond donors (Lipinski definition) is 2. The SMILES string of the molecule is COCC(O)CN(CC1CCCN1)C(C)C. The van der Waals surface area contributed by atoms with Crippen molar-refractivity contribution in [2.24, 2.45) is 0 Å². The van der Waals surface area contributed by atoms with E-state index in [2.05, 4.69) is 24.1 Å². The average Bonchev–Trinajstić information content (AvgIpc) is 2.69. The van der Waals surface area contributed by atoms with Gasteiger partial charge in [-0.1, -0.05) is 0 Å². The van der Waals surface area contributed by atoms with Gasteiger partial charge in [0.1, 0.15) is 0 Å². The molecule has 16 heavy (non-hydrogen) atoms. The zero-order valence-electron chi connectivity index (χ0n) is 10.8. The standard InChI is InChI=1S/C12H26N2O2/c1-10(2)14(8-12(15)9-16-3)7-11-5-4-6-13-11/h10-13,15H,4-9H2,1-3H3. The molecule has 1 saturated heterocycles. The maximum absolute atomic E-state index is 9.76. The molecular weight excluding hydrogens is 204 g/mol. The smallest absolute Gasteiger partial charge is 0.0900 e. The van der Waals surface area contributed by atoms with Gasteiger partial charge in [0.05, 0.1) is 12.7 Å². The van der Waals surface area contributed by atoms with Gasteiger partial charge < -0.3 is 15.2 Å². The van der Waals surface area contributed by atoms with Crippen molar-refractivity contribution < 1.29 is 9.84 Å². The Morgan fingerprint density at radius 1 is 1.50 bits per heavy atom. The Bertz CT molecular complexity index is 182. The average molecular weight is 230 g/mol. The molecule has 1 aliphatic rings. The van der Waals surface area contributed by atoms with Gasteiger partial charge in [0, 0.05) is 32.3 Å². The Morgan fingerprint density at radius 2 is 2.25 bits per heavy atom. The second kappa shape index (κ2) is 7.22. The van der Waals surface area contributed by atoms with Gasteiger partial charge in [-0.3, -0.25) is 4.90 Å². The van der Waals surface area contributed by atoms with E-state index in [1.54, 1.807) is 7.11 Å². The van der Waals surface area contributed by atoms with Crippen molar-refractivity contribution in [1.29, 1.82) is 0 Å². The molecule has 0 aromatic carbocycles. The largest absolute Gasteiger partial charge is 0.389 e. The van der Waals surface area contributed by atoms with E-state index in [1.165, 1.54) is 12.8 Å². The van der Waals surface area contributed by atoms with Crippen molar-refractivity contribution >= 4 is 0 Å². The summed E-state index contributed by atoms with van der Waals surface area (Å²) in [5, 5.41) is 13.2. The number of rotatable bonds is 7. The van der Waals surface area contributed by atoms with Gasteiger partial charge in [0.15, 0.2) is 0 Å². The molecule has 0 aliphatic carbocycles. The van der Waals surface area contributed by atoms with E-state index in [9.17, 15) is 5.11 Å². The summed E-state index contributed by atoms with van der Waals surface area (Å²) in [6, 6.07) is 1.06. The summed E-state index contributed by atoms with van der Waals surface area (Å²) in [5.41, 5.74) is 0. The number of ether oxygens (including phenoxy) is 1. The Morgan fingerprint density at radius 3 is 2.75 bits per heavy atom. The molecular formula is C12H26N2O2. The molecule has 4 nitrogen and oxygen atoms in total. The molecule has 2 unspecified atom stereocenters. The van der Waals surface area contributed by atoms with E-state index in [-0.39, 0.29) is 6.10 Å². The minimum atomic E-state index is -0.381. The quantitative estimate of drug-likeness (QED) is 0.667. The topological polar surface area (TPSA) is 44.7 Å². The van der Waals surface area contributed by atoms with Crippen LogP contribution in [0.2, 0.25) is 0 Å². The molecule has 1 rings (SSSR count). The lowest BCUT2D eigenvalue weighted by Crippen LogP contribution is -2.45. The highest BCUT2D eigenvalue weighted by atomic mass is 16.5. The highest BCUT2D eigenvalue weighted by Gasteiger charge is 2.21. The van der Waals surface area contributed by atoms with Gasteiger partial charge in [0.25, 0.3) is 0 Å². The molecule has 0 radical (unpaired) electrons. The number of nitrogens with zero attached hydrogens (tertiary/aromatic N) is 1. The molecule has 0 spiro atoms. The van der Waals surface area contributed by atoms with Crippen LogP contribution >= 0.6 is 0 Å². The first kappa shape index (κ1) is 13.9. The second-order valence-electron chi connectivity index (χ2n) is 4.95. The number of aliphatic hydroxyl groups is 1. The fraction of sp³-hybridized carbons (Fsp3) is 1.00. The van der Waals surface area contributed by atoms with Crippen LogP contribution in [0.1, 0.15) is 26.7 Å². The van der Waals surface area contributed by atoms with Crippen LogP contribution < -0.4 is 5.32 Å². The van der Waals surface area contributed by atoms with Crippen LogP contribution in [0.5, 0.6) is 0 Å². The summed E-state index contributed by atoms with van der Waals surface area (Å²) < 4.78 is 4.96. The van der Waals surface area contributed by atoms with Gasteiger partial charge in [-0.05, 0) is 33.2 Å². The molecule has 0 aromatic heterocycles. The molecule has 0 amide bonds. The predicted molar refractivity (Wildman–Crippen MR) is 65.6 cm³/mol. The lowest BCUT2D eigenvalue weighted by Gasteiger charge is -2.31. The van der Waals surface area contributed by atoms with Crippen LogP contribution in [0.15, 0.2) is 0 Å². The first-order chi connectivity index (χ1) is 7.63. The van der Waals surface area contributed by atoms with Crippen molar-refractivity contribution in [3.63, 3.8) is 0 Å². The number of nitrogens with one attached hydrogen (secondary N) is 1. The molecule has 2 atom stereocenters. The van der Waals surface area contributed by atoms with Crippen LogP contribution in [0.3, 0.4) is 0 Å². The normalized spacial score (nSPS) is 23.2. The first-order valence-electron chi connectivity index (χ1n) is 6.28. The van der Waals surface area contributed by atoms with E-state index < -0.39 is 0 Å². The number of methoxy groups -OCH3 is 1. The maximum atomic E-state index is 9.76. The van der Waals surface area contributed by atoms with Crippen LogP contribution in [-0.2, 0) is 4.74 Å². The van der Waals surface area contributed by atoms with Gasteiger partial charge in [0.2, 0.25) is 0 Å². The molecule has 1 aliphatic heterocycles. The van der Waals surface area contributed by atoms with Gasteiger partial charge in [-0.2, -0.15) is 0 Å². The third kappa shape index (κ3) is 4.78. The van der Waals surface area contributed by atoms with Gasteiger partial charge >= 0.3 is 0 Å². The zero-order valence-corrected chi connectivity index (χ0v) is 10.8. The summed E-state index contributed by atoms with van der Waals surface area (Å²) >= 11 is 0. The zero-order chi connectivity index (χ0) is 12.0. The maximum Gasteiger partial charge on any atom is 0.0900 e. The summed E-state index contributed by atoms with van der Waals surface area (Å²) in [6.45, 7) is 7.63. The van der Waals surface area contributed by atoms with Gasteiger partial charge in [-0.25, -0.2) is 0 Å². The Hall–Kier alpha value is -0.160. The van der Waals surface area contributed by atoms with Crippen LogP contribution in [-0.4, -0.2) is 61.5 Å². The molecule has 1 heterocycles. The van der Waals surface area contributed by atoms with E-state index in [0.717, 1.165) is 13.1 Å². The Labute approximate surface area is 99.0 Å². The minimum absolute atomic E-state index is 0.381. The minimum Gasteiger partial charge on any atom is -0.389 e. The van der Waals surface area contributed by atoms with E-state index in [4.69, 9.17) is 4.74 Å². The summed E-state index contributed by atoms with van der Waals surface area (Å²) in [7, 11) is 1.63. The van der Waals surface area contributed by atoms with E-state index >= 15 is 0 Å². The van der Waals surface area contributed by atoms with Crippen molar-refractivity contribution in [3.8, 4) is 0 Å². The third-order valence-electron chi connectivity index (χ3n) is 3.15. The monoisotopic (exact) mass is 230 g/mol. The van der Waals surface area contributed by atoms with Crippen molar-refractivity contribution in [3.05, 3.63) is 0 Å². The lowest BCUT2D eigenvalue weighted by atomic mass is 10.1. The molecule has 0 bridgehead atoms. The molecule has 4 heteroatoms. The predicted octanol–water partition coefficient (Wildman–Crippen LogP) is 0.456. The van der Waals surface area contributed by atoms with Crippen LogP contribution in [0, 0.1) is 0 Å². The summed E-state index contributed by atoms with van der Waals surface area (Å²) in [4.78, 5) is 2.33. The summed E-state index contributed by atoms with van der Waals surface area (Å²) in [6.07, 6.45) is 2.15. The van der Waals surface area contributed by atoms with Crippen molar-refractivity contribution in [2.75, 3.05) is 33.4 Å². The highest BCUT2D eigenvalue weighted by molar-refractivity contribution is 4.80. The van der Waals surface area contributed by atoms with E-state index in [1.807, 2.05) is 0 Å². The Balaban J connectivity index is 2.34. The second-order valence-corrected chi connectivity index (χ2v) is 4.95. The van der Waals surface area contributed by atoms with Crippen molar-refractivity contribution in [1.82, 2.24) is 10.2 Å². The van der Waals surface area contributed by atoms with Crippen molar-refractivity contribution in [2.45, 2.75) is 44.9 Å². The Kier molecular flexibility index (Phi) is 6.28. The van der Waals surface area contributed by atoms with Gasteiger partial charge in [-0.15, -0.1) is 0 Å². The number of hydrogen-bond acceptors (Lipinski definition) is 4. The molecule has 96 valence electrons. The number of aliphatic hydroxyl groups excluding tert-OH is 1. The first-order valence-corrected chi connectivity index (χ1v) is 6.28. The van der Waals surface area contributed by atoms with Crippen LogP contribution in [0.25, 0.3) is 0 Å². The molecule has 1 fully saturated rings. The fourth-order valence-corrected chi connectivity index (χ4v) is 2.21. The van der Waals surface area contributed by atoms with E-state index in [0.29, 0.717) is 25.2 Å². The highest BCUT2D eigenvalue weighted by Crippen LogP contribution is 2.09. The fourth-order valence-electron chi connectivity index (χ4n) is 2.21. The third-order valence-corrected chi connectivity index (χ3v) is 3.15. The molecule has 0 saturated carbocycles. The molecule has 0 aromatic rings. The van der Waals surface area contributed by atoms with Crippen LogP contribution in [0.4, 0.5) is 0 Å². The summed E-state index contributed by atoms with van der Waals surface area (Å²) in [5.74, 6) is 0. The lowest BCUT2D eigenvalue weighted by molar-refractivity contribution is 0.0282. The molecule has 2 N–H and O–H groups in total.